The Kier molecular flexibility index (Phi) is 5.69. The molecule has 0 heterocycles. The lowest BCUT2D eigenvalue weighted by Gasteiger charge is -2.15. The number of ether oxygens (including phenoxy) is 1. The summed E-state index contributed by atoms with van der Waals surface area (Å²) in [5.74, 6) is -0.854. The van der Waals surface area contributed by atoms with Crippen molar-refractivity contribution in [2.75, 3.05) is 26.5 Å². The Labute approximate surface area is 94.4 Å². The zero-order valence-electron chi connectivity index (χ0n) is 8.60. The van der Waals surface area contributed by atoms with Crippen LogP contribution in [0, 0.1) is 0 Å². The summed E-state index contributed by atoms with van der Waals surface area (Å²) in [6.07, 6.45) is 0.00354. The molecule has 0 spiro atoms. The monoisotopic (exact) mass is 254 g/mol. The van der Waals surface area contributed by atoms with Crippen molar-refractivity contribution in [3.8, 4) is 0 Å². The van der Waals surface area contributed by atoms with Gasteiger partial charge in [0.05, 0.1) is 18.5 Å². The number of methoxy groups -OCH3 is 1. The average Bonchev–Trinajstić information content (AvgIpc) is 2.11. The normalized spacial score (nSPS) is 11.4. The molecule has 0 bridgehead atoms. The summed E-state index contributed by atoms with van der Waals surface area (Å²) in [7, 11) is -0.904. The molecule has 0 aliphatic heterocycles. The second-order valence-corrected chi connectivity index (χ2v) is 5.47. The highest BCUT2D eigenvalue weighted by atomic mass is 32.2. The molecule has 0 saturated heterocycles. The maximum Gasteiger partial charge on any atom is 0.306 e. The number of hydrogen-bond acceptors (Lipinski definition) is 5. The SMILES string of the molecule is COC(=O)CCN(C)S(=O)(=O)CC(N)=S. The molecule has 0 aromatic heterocycles. The molecule has 0 radical (unpaired) electrons. The van der Waals surface area contributed by atoms with Crippen molar-refractivity contribution in [2.45, 2.75) is 6.42 Å². The van der Waals surface area contributed by atoms with E-state index in [4.69, 9.17) is 5.73 Å². The summed E-state index contributed by atoms with van der Waals surface area (Å²) in [6, 6.07) is 0. The summed E-state index contributed by atoms with van der Waals surface area (Å²) in [6.45, 7) is 0.0532. The molecule has 88 valence electrons. The number of hydrogen-bond donors (Lipinski definition) is 1. The van der Waals surface area contributed by atoms with Crippen molar-refractivity contribution in [3.05, 3.63) is 0 Å². The second kappa shape index (κ2) is 5.99. The van der Waals surface area contributed by atoms with Gasteiger partial charge in [-0.3, -0.25) is 4.79 Å². The van der Waals surface area contributed by atoms with E-state index in [1.54, 1.807) is 0 Å². The van der Waals surface area contributed by atoms with Crippen LogP contribution in [0.15, 0.2) is 0 Å². The van der Waals surface area contributed by atoms with Gasteiger partial charge in [-0.2, -0.15) is 0 Å². The Bertz CT molecular complexity index is 339. The zero-order chi connectivity index (χ0) is 12.1. The standard InChI is InChI=1S/C7H14N2O4S2/c1-9(4-3-7(10)13-2)15(11,12)5-6(8)14/h3-5H2,1-2H3,(H2,8,14). The third-order valence-corrected chi connectivity index (χ3v) is 3.79. The van der Waals surface area contributed by atoms with Gasteiger partial charge in [0.2, 0.25) is 10.0 Å². The van der Waals surface area contributed by atoms with Gasteiger partial charge in [-0.05, 0) is 0 Å². The first-order chi connectivity index (χ1) is 6.79. The van der Waals surface area contributed by atoms with Crippen molar-refractivity contribution >= 4 is 33.2 Å². The molecule has 0 amide bonds. The number of nitrogens with zero attached hydrogens (tertiary/aromatic N) is 1. The molecular formula is C7H14N2O4S2. The van der Waals surface area contributed by atoms with E-state index in [-0.39, 0.29) is 23.7 Å². The van der Waals surface area contributed by atoms with Crippen LogP contribution < -0.4 is 5.73 Å². The van der Waals surface area contributed by atoms with Crippen LogP contribution in [0.25, 0.3) is 0 Å². The van der Waals surface area contributed by atoms with Gasteiger partial charge in [0, 0.05) is 13.6 Å². The minimum Gasteiger partial charge on any atom is -0.469 e. The number of rotatable bonds is 6. The van der Waals surface area contributed by atoms with Crippen molar-refractivity contribution in [3.63, 3.8) is 0 Å². The van der Waals surface area contributed by atoms with Crippen molar-refractivity contribution in [2.24, 2.45) is 5.73 Å². The topological polar surface area (TPSA) is 89.7 Å². The van der Waals surface area contributed by atoms with Crippen LogP contribution in [-0.2, 0) is 19.6 Å². The van der Waals surface area contributed by atoms with Gasteiger partial charge in [-0.15, -0.1) is 0 Å². The van der Waals surface area contributed by atoms with E-state index in [0.717, 1.165) is 4.31 Å². The van der Waals surface area contributed by atoms with Crippen LogP contribution in [0.2, 0.25) is 0 Å². The molecule has 0 aliphatic rings. The highest BCUT2D eigenvalue weighted by Gasteiger charge is 2.19. The fourth-order valence-corrected chi connectivity index (χ4v) is 2.18. The van der Waals surface area contributed by atoms with Crippen LogP contribution in [-0.4, -0.2) is 50.1 Å². The fourth-order valence-electron chi connectivity index (χ4n) is 0.780. The minimum atomic E-state index is -3.50. The Morgan fingerprint density at radius 3 is 2.47 bits per heavy atom. The Balaban J connectivity index is 4.26. The average molecular weight is 254 g/mol. The lowest BCUT2D eigenvalue weighted by Crippen LogP contribution is -2.35. The first kappa shape index (κ1) is 14.3. The molecule has 8 heteroatoms. The molecule has 0 saturated carbocycles. The number of carbonyl (C=O) groups is 1. The third kappa shape index (κ3) is 5.65. The number of carbonyl (C=O) groups excluding carboxylic acids is 1. The van der Waals surface area contributed by atoms with Crippen molar-refractivity contribution < 1.29 is 17.9 Å². The first-order valence-electron chi connectivity index (χ1n) is 4.08. The molecule has 6 nitrogen and oxygen atoms in total. The molecule has 0 rings (SSSR count). The second-order valence-electron chi connectivity index (χ2n) is 2.87. The lowest BCUT2D eigenvalue weighted by atomic mass is 10.4. The predicted octanol–water partition coefficient (Wildman–Crippen LogP) is -0.903. The molecule has 0 fully saturated rings. The van der Waals surface area contributed by atoms with Crippen LogP contribution in [0.5, 0.6) is 0 Å². The van der Waals surface area contributed by atoms with E-state index in [2.05, 4.69) is 17.0 Å². The van der Waals surface area contributed by atoms with Gasteiger partial charge in [0.25, 0.3) is 0 Å². The maximum absolute atomic E-state index is 11.4. The predicted molar refractivity (Wildman–Crippen MR) is 59.8 cm³/mol. The Morgan fingerprint density at radius 1 is 1.53 bits per heavy atom. The maximum atomic E-state index is 11.4. The Hall–Kier alpha value is -0.730. The fraction of sp³-hybridized carbons (Fsp3) is 0.714. The van der Waals surface area contributed by atoms with Crippen LogP contribution in [0.4, 0.5) is 0 Å². The Morgan fingerprint density at radius 2 is 2.07 bits per heavy atom. The molecule has 0 aromatic carbocycles. The summed E-state index contributed by atoms with van der Waals surface area (Å²) < 4.78 is 28.3. The number of nitrogens with two attached hydrogens (primary N) is 1. The summed E-state index contributed by atoms with van der Waals surface area (Å²) in [5, 5.41) is 0. The van der Waals surface area contributed by atoms with Crippen LogP contribution >= 0.6 is 12.2 Å². The van der Waals surface area contributed by atoms with Gasteiger partial charge in [0.1, 0.15) is 5.75 Å². The number of sulfonamides is 1. The largest absolute Gasteiger partial charge is 0.469 e. The lowest BCUT2D eigenvalue weighted by molar-refractivity contribution is -0.140. The first-order valence-corrected chi connectivity index (χ1v) is 6.10. The molecule has 0 aromatic rings. The zero-order valence-corrected chi connectivity index (χ0v) is 10.2. The van der Waals surface area contributed by atoms with E-state index in [0.29, 0.717) is 0 Å². The highest BCUT2D eigenvalue weighted by molar-refractivity contribution is 7.92. The van der Waals surface area contributed by atoms with Gasteiger partial charge in [0.15, 0.2) is 0 Å². The van der Waals surface area contributed by atoms with Crippen molar-refractivity contribution in [1.29, 1.82) is 0 Å². The summed E-state index contributed by atoms with van der Waals surface area (Å²) in [4.78, 5) is 10.7. The van der Waals surface area contributed by atoms with Crippen LogP contribution in [0.1, 0.15) is 6.42 Å². The van der Waals surface area contributed by atoms with E-state index in [1.165, 1.54) is 14.2 Å². The van der Waals surface area contributed by atoms with E-state index < -0.39 is 16.0 Å². The van der Waals surface area contributed by atoms with Crippen molar-refractivity contribution in [1.82, 2.24) is 4.31 Å². The summed E-state index contributed by atoms with van der Waals surface area (Å²) in [5.41, 5.74) is 5.13. The van der Waals surface area contributed by atoms with Gasteiger partial charge in [-0.1, -0.05) is 12.2 Å². The molecular weight excluding hydrogens is 240 g/mol. The molecule has 0 aliphatic carbocycles. The smallest absolute Gasteiger partial charge is 0.306 e. The van der Waals surface area contributed by atoms with Gasteiger partial charge in [-0.25, -0.2) is 12.7 Å². The van der Waals surface area contributed by atoms with Gasteiger partial charge < -0.3 is 10.5 Å². The molecule has 15 heavy (non-hydrogen) atoms. The number of thiocarbonyl (C=S) groups is 1. The number of esters is 1. The minimum absolute atomic E-state index is 0.00354. The molecule has 0 atom stereocenters. The summed E-state index contributed by atoms with van der Waals surface area (Å²) >= 11 is 4.50. The molecule has 2 N–H and O–H groups in total. The van der Waals surface area contributed by atoms with E-state index in [9.17, 15) is 13.2 Å². The van der Waals surface area contributed by atoms with Gasteiger partial charge >= 0.3 is 5.97 Å². The van der Waals surface area contributed by atoms with E-state index >= 15 is 0 Å². The van der Waals surface area contributed by atoms with Crippen LogP contribution in [0.3, 0.4) is 0 Å². The quantitative estimate of drug-likeness (QED) is 0.488. The third-order valence-electron chi connectivity index (χ3n) is 1.66. The van der Waals surface area contributed by atoms with E-state index in [1.807, 2.05) is 0 Å². The highest BCUT2D eigenvalue weighted by Crippen LogP contribution is 2.00. The molecule has 0 unspecified atom stereocenters.